The third kappa shape index (κ3) is 7.06. The summed E-state index contributed by atoms with van der Waals surface area (Å²) in [6.45, 7) is 0. The van der Waals surface area contributed by atoms with Crippen molar-refractivity contribution in [1.82, 2.24) is 10.4 Å². The van der Waals surface area contributed by atoms with Crippen LogP contribution in [0.2, 0.25) is 15.1 Å². The van der Waals surface area contributed by atoms with Crippen LogP contribution in [-0.2, 0) is 6.18 Å². The van der Waals surface area contributed by atoms with Crippen molar-refractivity contribution in [2.45, 2.75) is 18.3 Å². The van der Waals surface area contributed by atoms with Gasteiger partial charge in [-0.15, -0.1) is 0 Å². The number of allylic oxidation sites excluding steroid dienone is 1. The van der Waals surface area contributed by atoms with Crippen LogP contribution in [0.15, 0.2) is 60.9 Å². The van der Waals surface area contributed by atoms with Crippen molar-refractivity contribution in [3.8, 4) is 0 Å². The van der Waals surface area contributed by atoms with E-state index in [1.807, 2.05) is 0 Å². The van der Waals surface area contributed by atoms with Gasteiger partial charge < -0.3 is 0 Å². The highest BCUT2D eigenvalue weighted by Gasteiger charge is 2.41. The number of carbonyl (C=O) groups excluding carboxylic acids is 1. The van der Waals surface area contributed by atoms with Crippen LogP contribution in [0, 0.1) is 0 Å². The SMILES string of the molecule is O=C(NNc1ccncc1)c1ccc(C(F)=CC(c2cc(Cl)c(Cl)c(Cl)c2)C(F)(F)F)cc1C(F)(F)F. The van der Waals surface area contributed by atoms with E-state index in [0.29, 0.717) is 11.8 Å². The Hall–Kier alpha value is -3.02. The molecule has 2 aromatic carbocycles. The van der Waals surface area contributed by atoms with Crippen molar-refractivity contribution >= 4 is 52.2 Å². The summed E-state index contributed by atoms with van der Waals surface area (Å²) < 4.78 is 97.2. The Morgan fingerprint density at radius 2 is 1.51 bits per heavy atom. The molecule has 0 saturated heterocycles. The molecule has 0 radical (unpaired) electrons. The van der Waals surface area contributed by atoms with Gasteiger partial charge in [-0.3, -0.25) is 20.6 Å². The average molecular weight is 587 g/mol. The van der Waals surface area contributed by atoms with E-state index in [1.165, 1.54) is 24.5 Å². The normalized spacial score (nSPS) is 13.3. The second-order valence-corrected chi connectivity index (χ2v) is 8.60. The number of alkyl halides is 6. The zero-order valence-electron chi connectivity index (χ0n) is 18.0. The molecule has 3 rings (SSSR count). The molecule has 14 heteroatoms. The van der Waals surface area contributed by atoms with Crippen molar-refractivity contribution in [1.29, 1.82) is 0 Å². The molecule has 0 aliphatic rings. The number of anilines is 1. The van der Waals surface area contributed by atoms with Gasteiger partial charge in [0.2, 0.25) is 0 Å². The average Bonchev–Trinajstić information content (AvgIpc) is 2.83. The maximum absolute atomic E-state index is 14.9. The van der Waals surface area contributed by atoms with Crippen molar-refractivity contribution in [2.24, 2.45) is 0 Å². The van der Waals surface area contributed by atoms with Gasteiger partial charge in [-0.05, 0) is 48.0 Å². The molecule has 196 valence electrons. The lowest BCUT2D eigenvalue weighted by Crippen LogP contribution is -2.31. The van der Waals surface area contributed by atoms with Gasteiger partial charge in [0.05, 0.1) is 31.9 Å². The first kappa shape index (κ1) is 28.5. The number of halogens is 10. The van der Waals surface area contributed by atoms with Crippen LogP contribution in [0.3, 0.4) is 0 Å². The van der Waals surface area contributed by atoms with E-state index < -0.39 is 52.3 Å². The number of rotatable bonds is 6. The number of benzene rings is 2. The van der Waals surface area contributed by atoms with Gasteiger partial charge in [0.25, 0.3) is 5.91 Å². The molecule has 0 bridgehead atoms. The smallest absolute Gasteiger partial charge is 0.298 e. The first-order chi connectivity index (χ1) is 17.2. The summed E-state index contributed by atoms with van der Waals surface area (Å²) in [6, 6.07) is 6.12. The number of nitrogens with one attached hydrogen (secondary N) is 2. The molecular formula is C23H13Cl3F7N3O. The predicted molar refractivity (Wildman–Crippen MR) is 126 cm³/mol. The summed E-state index contributed by atoms with van der Waals surface area (Å²) in [4.78, 5) is 16.1. The minimum absolute atomic E-state index is 0.0795. The van der Waals surface area contributed by atoms with Crippen molar-refractivity contribution in [3.05, 3.63) is 98.3 Å². The molecule has 4 nitrogen and oxygen atoms in total. The number of pyridine rings is 1. The quantitative estimate of drug-likeness (QED) is 0.173. The zero-order valence-corrected chi connectivity index (χ0v) is 20.3. The first-order valence-corrected chi connectivity index (χ1v) is 11.1. The second kappa shape index (κ2) is 11.2. The van der Waals surface area contributed by atoms with E-state index in [-0.39, 0.29) is 27.2 Å². The Bertz CT molecular complexity index is 1310. The third-order valence-electron chi connectivity index (χ3n) is 4.88. The van der Waals surface area contributed by atoms with Crippen LogP contribution in [0.4, 0.5) is 36.4 Å². The molecule has 0 aliphatic carbocycles. The van der Waals surface area contributed by atoms with Crippen LogP contribution in [0.25, 0.3) is 5.83 Å². The molecule has 1 amide bonds. The fourth-order valence-electron chi connectivity index (χ4n) is 3.13. The fraction of sp³-hybridized carbons (Fsp3) is 0.130. The number of carbonyl (C=O) groups is 1. The van der Waals surface area contributed by atoms with Gasteiger partial charge in [0.1, 0.15) is 11.7 Å². The topological polar surface area (TPSA) is 54.0 Å². The summed E-state index contributed by atoms with van der Waals surface area (Å²) in [5.41, 5.74) is 0.860. The van der Waals surface area contributed by atoms with E-state index in [0.717, 1.165) is 18.2 Å². The molecule has 0 fully saturated rings. The summed E-state index contributed by atoms with van der Waals surface area (Å²) in [7, 11) is 0. The molecule has 0 spiro atoms. The summed E-state index contributed by atoms with van der Waals surface area (Å²) >= 11 is 17.3. The van der Waals surface area contributed by atoms with Crippen molar-refractivity contribution in [3.63, 3.8) is 0 Å². The van der Waals surface area contributed by atoms with E-state index in [1.54, 1.807) is 0 Å². The van der Waals surface area contributed by atoms with Gasteiger partial charge in [-0.2, -0.15) is 26.3 Å². The monoisotopic (exact) mass is 585 g/mol. The van der Waals surface area contributed by atoms with E-state index in [2.05, 4.69) is 15.8 Å². The van der Waals surface area contributed by atoms with Gasteiger partial charge in [0.15, 0.2) is 0 Å². The van der Waals surface area contributed by atoms with Crippen molar-refractivity contribution < 1.29 is 35.5 Å². The Morgan fingerprint density at radius 3 is 2.05 bits per heavy atom. The number of aromatic nitrogens is 1. The second-order valence-electron chi connectivity index (χ2n) is 7.41. The lowest BCUT2D eigenvalue weighted by atomic mass is 9.95. The molecule has 1 heterocycles. The first-order valence-electron chi connectivity index (χ1n) is 9.95. The molecule has 1 atom stereocenters. The molecule has 1 unspecified atom stereocenters. The minimum Gasteiger partial charge on any atom is -0.298 e. The number of nitrogens with zero attached hydrogens (tertiary/aromatic N) is 1. The highest BCUT2D eigenvalue weighted by atomic mass is 35.5. The van der Waals surface area contributed by atoms with Crippen LogP contribution >= 0.6 is 34.8 Å². The number of hydrogen-bond acceptors (Lipinski definition) is 3. The lowest BCUT2D eigenvalue weighted by Gasteiger charge is -2.19. The Labute approximate surface area is 220 Å². The number of amides is 1. The lowest BCUT2D eigenvalue weighted by molar-refractivity contribution is -0.140. The van der Waals surface area contributed by atoms with Crippen LogP contribution in [-0.4, -0.2) is 17.1 Å². The molecule has 0 saturated carbocycles. The summed E-state index contributed by atoms with van der Waals surface area (Å²) in [6.07, 6.45) is -7.40. The molecule has 1 aromatic heterocycles. The molecule has 2 N–H and O–H groups in total. The highest BCUT2D eigenvalue weighted by molar-refractivity contribution is 6.48. The van der Waals surface area contributed by atoms with E-state index in [4.69, 9.17) is 34.8 Å². The molecule has 0 aliphatic heterocycles. The predicted octanol–water partition coefficient (Wildman–Crippen LogP) is 8.47. The highest BCUT2D eigenvalue weighted by Crippen LogP contribution is 2.42. The van der Waals surface area contributed by atoms with Crippen LogP contribution in [0.5, 0.6) is 0 Å². The largest absolute Gasteiger partial charge is 0.417 e. The minimum atomic E-state index is -5.14. The van der Waals surface area contributed by atoms with Crippen molar-refractivity contribution in [2.75, 3.05) is 5.43 Å². The molecule has 3 aromatic rings. The summed E-state index contributed by atoms with van der Waals surface area (Å²) in [5.74, 6) is -5.47. The van der Waals surface area contributed by atoms with Gasteiger partial charge in [0, 0.05) is 18.0 Å². The Kier molecular flexibility index (Phi) is 8.61. The van der Waals surface area contributed by atoms with E-state index >= 15 is 0 Å². The van der Waals surface area contributed by atoms with Gasteiger partial charge in [-0.25, -0.2) is 4.39 Å². The zero-order chi connectivity index (χ0) is 27.5. The molecular weight excluding hydrogens is 574 g/mol. The summed E-state index contributed by atoms with van der Waals surface area (Å²) in [5, 5.41) is -0.885. The van der Waals surface area contributed by atoms with Crippen LogP contribution in [0.1, 0.15) is 33.0 Å². The Morgan fingerprint density at radius 1 is 0.919 bits per heavy atom. The number of hydrogen-bond donors (Lipinski definition) is 2. The third-order valence-corrected chi connectivity index (χ3v) is 6.07. The van der Waals surface area contributed by atoms with Gasteiger partial charge in [-0.1, -0.05) is 40.9 Å². The Balaban J connectivity index is 1.99. The molecule has 37 heavy (non-hydrogen) atoms. The van der Waals surface area contributed by atoms with Crippen LogP contribution < -0.4 is 10.9 Å². The number of hydrazine groups is 1. The maximum atomic E-state index is 14.9. The van der Waals surface area contributed by atoms with Gasteiger partial charge >= 0.3 is 12.4 Å². The maximum Gasteiger partial charge on any atom is 0.417 e. The fourth-order valence-corrected chi connectivity index (χ4v) is 3.75. The standard InChI is InChI=1S/C23H13Cl3F7N3O/c24-17-8-12(9-18(25)20(17)26)15(22(28,29)30)10-19(27)11-1-2-14(16(7-11)23(31,32)33)21(37)36-35-13-3-5-34-6-4-13/h1-10,15H,(H,34,35)(H,36,37). The van der Waals surface area contributed by atoms with E-state index in [9.17, 15) is 35.5 Å².